The number of aromatic nitrogens is 4. The van der Waals surface area contributed by atoms with Crippen molar-refractivity contribution in [2.24, 2.45) is 0 Å². The fourth-order valence-electron chi connectivity index (χ4n) is 4.57. The van der Waals surface area contributed by atoms with E-state index in [9.17, 15) is 4.79 Å². The number of amides is 1. The number of hydrogen-bond donors (Lipinski definition) is 1. The van der Waals surface area contributed by atoms with Crippen LogP contribution in [0.2, 0.25) is 0 Å². The molecule has 0 aliphatic carbocycles. The van der Waals surface area contributed by atoms with Gasteiger partial charge in [0.05, 0.1) is 5.69 Å². The molecule has 2 aromatic heterocycles. The molecule has 0 saturated heterocycles. The van der Waals surface area contributed by atoms with E-state index in [0.29, 0.717) is 35.2 Å². The number of anilines is 1. The summed E-state index contributed by atoms with van der Waals surface area (Å²) in [6.07, 6.45) is 0.391. The van der Waals surface area contributed by atoms with Crippen molar-refractivity contribution < 1.29 is 13.9 Å². The van der Waals surface area contributed by atoms with E-state index in [1.165, 1.54) is 4.80 Å². The van der Waals surface area contributed by atoms with Crippen LogP contribution in [0.1, 0.15) is 46.2 Å². The first-order chi connectivity index (χ1) is 20.5. The number of hydrogen-bond acceptors (Lipinski definition) is 6. The summed E-state index contributed by atoms with van der Waals surface area (Å²) in [5, 5.41) is 12.3. The first-order valence-corrected chi connectivity index (χ1v) is 13.6. The lowest BCUT2D eigenvalue weighted by Crippen LogP contribution is -2.15. The number of ether oxygens (including phenoxy) is 1. The number of nitrogens with zero attached hydrogens (tertiary/aromatic N) is 4. The van der Waals surface area contributed by atoms with E-state index in [-0.39, 0.29) is 25.6 Å². The summed E-state index contributed by atoms with van der Waals surface area (Å²) in [5.74, 6) is 1.64. The van der Waals surface area contributed by atoms with Gasteiger partial charge in [0.1, 0.15) is 29.5 Å². The van der Waals surface area contributed by atoms with Gasteiger partial charge < -0.3 is 14.5 Å². The number of aryl methyl sites for hydroxylation is 2. The molecule has 43 heavy (non-hydrogen) atoms. The Morgan fingerprint density at radius 1 is 0.837 bits per heavy atom. The Morgan fingerprint density at radius 2 is 1.58 bits per heavy atom. The summed E-state index contributed by atoms with van der Waals surface area (Å²) in [7, 11) is 0. The highest BCUT2D eigenvalue weighted by Crippen LogP contribution is 2.24. The number of nitrogens with one attached hydrogen (secondary N) is 1. The first-order valence-electron chi connectivity index (χ1n) is 13.6. The molecule has 0 radical (unpaired) electrons. The van der Waals surface area contributed by atoms with Gasteiger partial charge in [0.15, 0.2) is 5.69 Å². The maximum Gasteiger partial charge on any atom is 0.278 e. The molecular weight excluding hydrogens is 538 g/mol. The minimum atomic E-state index is -0.321. The standard InChI is InChI=1S/C34H29N5O3.CH4/c1-23-11-9-17-28(19-23)39-37-30(32(38-39)33(40)35-27-15-7-4-8-16-27)21-25-12-10-18-29(20-25)41-22-31-24(2)42-34(36-31)26-13-5-3-6-14-26;/h3-20H,21-22H2,1-2H3,(H,35,40);1H4. The molecule has 0 fully saturated rings. The summed E-state index contributed by atoms with van der Waals surface area (Å²) in [6.45, 7) is 4.15. The predicted octanol–water partition coefficient (Wildman–Crippen LogP) is 7.60. The van der Waals surface area contributed by atoms with Crippen LogP contribution in [0.25, 0.3) is 17.1 Å². The van der Waals surface area contributed by atoms with Gasteiger partial charge in [-0.25, -0.2) is 4.98 Å². The van der Waals surface area contributed by atoms with Gasteiger partial charge in [0, 0.05) is 17.7 Å². The highest BCUT2D eigenvalue weighted by Gasteiger charge is 2.20. The smallest absolute Gasteiger partial charge is 0.278 e. The van der Waals surface area contributed by atoms with Gasteiger partial charge in [-0.05, 0) is 73.5 Å². The van der Waals surface area contributed by atoms with Crippen molar-refractivity contribution in [2.45, 2.75) is 34.3 Å². The fourth-order valence-corrected chi connectivity index (χ4v) is 4.57. The summed E-state index contributed by atoms with van der Waals surface area (Å²) >= 11 is 0. The van der Waals surface area contributed by atoms with Crippen molar-refractivity contribution in [1.82, 2.24) is 20.0 Å². The first kappa shape index (κ1) is 29.0. The second kappa shape index (κ2) is 13.0. The Morgan fingerprint density at radius 3 is 2.35 bits per heavy atom. The maximum absolute atomic E-state index is 13.3. The van der Waals surface area contributed by atoms with Crippen LogP contribution in [0.15, 0.2) is 114 Å². The molecule has 8 heteroatoms. The lowest BCUT2D eigenvalue weighted by molar-refractivity contribution is 0.102. The summed E-state index contributed by atoms with van der Waals surface area (Å²) in [5.41, 5.74) is 5.95. The molecule has 0 atom stereocenters. The zero-order valence-electron chi connectivity index (χ0n) is 23.3. The average molecular weight is 572 g/mol. The van der Waals surface area contributed by atoms with Crippen molar-refractivity contribution >= 4 is 11.6 Å². The van der Waals surface area contributed by atoms with Crippen molar-refractivity contribution in [3.63, 3.8) is 0 Å². The molecule has 0 aliphatic heterocycles. The minimum absolute atomic E-state index is 0. The Hall–Kier alpha value is -5.50. The van der Waals surface area contributed by atoms with E-state index in [0.717, 1.165) is 28.1 Å². The molecule has 1 amide bonds. The third-order valence-electron chi connectivity index (χ3n) is 6.72. The maximum atomic E-state index is 13.3. The number of para-hydroxylation sites is 1. The SMILES string of the molecule is C.Cc1cccc(-n2nc(Cc3cccc(OCc4nc(-c5ccccc5)oc4C)c3)c(C(=O)Nc3ccccc3)n2)c1. The number of benzene rings is 4. The Labute approximate surface area is 251 Å². The van der Waals surface area contributed by atoms with E-state index in [1.54, 1.807) is 0 Å². The topological polar surface area (TPSA) is 95.1 Å². The zero-order valence-corrected chi connectivity index (χ0v) is 23.3. The van der Waals surface area contributed by atoms with E-state index in [2.05, 4.69) is 15.4 Å². The molecule has 216 valence electrons. The molecule has 4 aromatic carbocycles. The van der Waals surface area contributed by atoms with Crippen LogP contribution in [-0.4, -0.2) is 25.9 Å². The molecule has 0 unspecified atom stereocenters. The Kier molecular flexibility index (Phi) is 8.77. The average Bonchev–Trinajstić information content (AvgIpc) is 3.61. The monoisotopic (exact) mass is 571 g/mol. The van der Waals surface area contributed by atoms with Gasteiger partial charge in [0.25, 0.3) is 5.91 Å². The van der Waals surface area contributed by atoms with Gasteiger partial charge in [-0.3, -0.25) is 4.79 Å². The van der Waals surface area contributed by atoms with E-state index < -0.39 is 0 Å². The quantitative estimate of drug-likeness (QED) is 0.192. The van der Waals surface area contributed by atoms with Crippen LogP contribution < -0.4 is 10.1 Å². The van der Waals surface area contributed by atoms with Gasteiger partial charge in [-0.2, -0.15) is 9.90 Å². The molecule has 6 rings (SSSR count). The summed E-state index contributed by atoms with van der Waals surface area (Å²) in [4.78, 5) is 19.5. The predicted molar refractivity (Wildman–Crippen MR) is 167 cm³/mol. The second-order valence-electron chi connectivity index (χ2n) is 9.94. The van der Waals surface area contributed by atoms with Crippen LogP contribution in [-0.2, 0) is 13.0 Å². The third kappa shape index (κ3) is 6.87. The Bertz CT molecular complexity index is 1830. The third-order valence-corrected chi connectivity index (χ3v) is 6.72. The van der Waals surface area contributed by atoms with E-state index >= 15 is 0 Å². The lowest BCUT2D eigenvalue weighted by atomic mass is 10.1. The minimum Gasteiger partial charge on any atom is -0.487 e. The molecular formula is C35H33N5O3. The molecule has 0 saturated carbocycles. The van der Waals surface area contributed by atoms with Gasteiger partial charge in [-0.15, -0.1) is 5.10 Å². The number of oxazole rings is 1. The second-order valence-corrected chi connectivity index (χ2v) is 9.94. The molecule has 6 aromatic rings. The zero-order chi connectivity index (χ0) is 28.9. The highest BCUT2D eigenvalue weighted by molar-refractivity contribution is 6.03. The van der Waals surface area contributed by atoms with E-state index in [4.69, 9.17) is 14.3 Å². The fraction of sp³-hybridized carbons (Fsp3) is 0.143. The largest absolute Gasteiger partial charge is 0.487 e. The van der Waals surface area contributed by atoms with E-state index in [1.807, 2.05) is 123 Å². The van der Waals surface area contributed by atoms with Crippen LogP contribution in [0.3, 0.4) is 0 Å². The van der Waals surface area contributed by atoms with Crippen molar-refractivity contribution in [1.29, 1.82) is 0 Å². The number of carbonyl (C=O) groups excluding carboxylic acids is 1. The molecule has 0 spiro atoms. The number of rotatable bonds is 9. The number of carbonyl (C=O) groups is 1. The summed E-state index contributed by atoms with van der Waals surface area (Å²) < 4.78 is 12.0. The van der Waals surface area contributed by atoms with Crippen LogP contribution in [0, 0.1) is 13.8 Å². The van der Waals surface area contributed by atoms with Crippen LogP contribution in [0.4, 0.5) is 5.69 Å². The molecule has 8 nitrogen and oxygen atoms in total. The molecule has 0 bridgehead atoms. The molecule has 0 aliphatic rings. The van der Waals surface area contributed by atoms with Crippen molar-refractivity contribution in [3.8, 4) is 22.9 Å². The summed E-state index contributed by atoms with van der Waals surface area (Å²) in [6, 6.07) is 34.7. The van der Waals surface area contributed by atoms with Crippen molar-refractivity contribution in [3.05, 3.63) is 143 Å². The lowest BCUT2D eigenvalue weighted by Gasteiger charge is -2.07. The molecule has 1 N–H and O–H groups in total. The van der Waals surface area contributed by atoms with Crippen molar-refractivity contribution in [2.75, 3.05) is 5.32 Å². The van der Waals surface area contributed by atoms with Crippen LogP contribution >= 0.6 is 0 Å². The van der Waals surface area contributed by atoms with Gasteiger partial charge in [0.2, 0.25) is 5.89 Å². The van der Waals surface area contributed by atoms with Crippen LogP contribution in [0.5, 0.6) is 5.75 Å². The van der Waals surface area contributed by atoms with Gasteiger partial charge in [-0.1, -0.05) is 68.1 Å². The Balaban J connectivity index is 0.00000368. The molecule has 2 heterocycles. The normalized spacial score (nSPS) is 10.7. The van der Waals surface area contributed by atoms with Gasteiger partial charge >= 0.3 is 0 Å². The highest BCUT2D eigenvalue weighted by atomic mass is 16.5.